The van der Waals surface area contributed by atoms with Crippen LogP contribution < -0.4 is 5.32 Å². The minimum absolute atomic E-state index is 0.453. The minimum Gasteiger partial charge on any atom is -0.383 e. The maximum Gasteiger partial charge on any atom is 0.0700 e. The second-order valence-corrected chi connectivity index (χ2v) is 4.27. The maximum absolute atomic E-state index is 5.56. The highest BCUT2D eigenvalue weighted by Crippen LogP contribution is 2.10. The largest absolute Gasteiger partial charge is 0.383 e. The topological polar surface area (TPSA) is 33.7 Å². The summed E-state index contributed by atoms with van der Waals surface area (Å²) in [5.41, 5.74) is 0. The maximum atomic E-state index is 5.56. The Morgan fingerprint density at radius 3 is 2.94 bits per heavy atom. The highest BCUT2D eigenvalue weighted by molar-refractivity contribution is 4.68. The molecule has 4 heteroatoms. The second-order valence-electron chi connectivity index (χ2n) is 4.27. The Balaban J connectivity index is 1.95. The quantitative estimate of drug-likeness (QED) is 0.592. The third-order valence-electron chi connectivity index (χ3n) is 3.06. The molecule has 0 aromatic rings. The highest BCUT2D eigenvalue weighted by Gasteiger charge is 2.14. The van der Waals surface area contributed by atoms with Crippen LogP contribution in [0.3, 0.4) is 0 Å². The van der Waals surface area contributed by atoms with E-state index in [0.29, 0.717) is 6.10 Å². The van der Waals surface area contributed by atoms with E-state index in [0.717, 1.165) is 45.9 Å². The lowest BCUT2D eigenvalue weighted by molar-refractivity contribution is 0.108. The average Bonchev–Trinajstić information content (AvgIpc) is 2.81. The van der Waals surface area contributed by atoms with E-state index in [1.54, 1.807) is 7.11 Å². The van der Waals surface area contributed by atoms with Gasteiger partial charge in [0.15, 0.2) is 0 Å². The van der Waals surface area contributed by atoms with Crippen molar-refractivity contribution >= 4 is 0 Å². The van der Waals surface area contributed by atoms with Crippen molar-refractivity contribution < 1.29 is 9.47 Å². The van der Waals surface area contributed by atoms with E-state index in [-0.39, 0.29) is 0 Å². The van der Waals surface area contributed by atoms with Crippen LogP contribution >= 0.6 is 0 Å². The molecule has 0 spiro atoms. The molecule has 1 rings (SSSR count). The van der Waals surface area contributed by atoms with Gasteiger partial charge in [0.2, 0.25) is 0 Å². The molecule has 0 amide bonds. The zero-order valence-electron chi connectivity index (χ0n) is 10.7. The van der Waals surface area contributed by atoms with Crippen LogP contribution in [0.15, 0.2) is 0 Å². The molecule has 4 nitrogen and oxygen atoms in total. The summed E-state index contributed by atoms with van der Waals surface area (Å²) in [5.74, 6) is 0. The summed E-state index contributed by atoms with van der Waals surface area (Å²) in [6, 6.07) is 0. The SMILES string of the molecule is CCN(CCNCC1CCCO1)CCOC. The molecule has 1 unspecified atom stereocenters. The van der Waals surface area contributed by atoms with E-state index in [4.69, 9.17) is 9.47 Å². The zero-order valence-corrected chi connectivity index (χ0v) is 10.7. The second kappa shape index (κ2) is 8.93. The lowest BCUT2D eigenvalue weighted by atomic mass is 10.2. The van der Waals surface area contributed by atoms with Gasteiger partial charge in [-0.2, -0.15) is 0 Å². The zero-order chi connectivity index (χ0) is 11.6. The third-order valence-corrected chi connectivity index (χ3v) is 3.06. The van der Waals surface area contributed by atoms with Gasteiger partial charge in [-0.3, -0.25) is 0 Å². The first-order chi connectivity index (χ1) is 7.86. The van der Waals surface area contributed by atoms with E-state index in [1.807, 2.05) is 0 Å². The number of nitrogens with zero attached hydrogens (tertiary/aromatic N) is 1. The van der Waals surface area contributed by atoms with Crippen LogP contribution in [0.5, 0.6) is 0 Å². The Morgan fingerprint density at radius 2 is 2.31 bits per heavy atom. The number of rotatable bonds is 9. The lowest BCUT2D eigenvalue weighted by Gasteiger charge is -2.20. The molecule has 16 heavy (non-hydrogen) atoms. The van der Waals surface area contributed by atoms with Gasteiger partial charge in [0.25, 0.3) is 0 Å². The van der Waals surface area contributed by atoms with Gasteiger partial charge in [0.05, 0.1) is 12.7 Å². The molecule has 1 aliphatic heterocycles. The van der Waals surface area contributed by atoms with Gasteiger partial charge in [-0.1, -0.05) is 6.92 Å². The smallest absolute Gasteiger partial charge is 0.0700 e. The molecule has 0 bridgehead atoms. The van der Waals surface area contributed by atoms with Gasteiger partial charge in [-0.25, -0.2) is 0 Å². The summed E-state index contributed by atoms with van der Waals surface area (Å²) < 4.78 is 10.6. The van der Waals surface area contributed by atoms with Crippen molar-refractivity contribution in [1.82, 2.24) is 10.2 Å². The molecule has 0 radical (unpaired) electrons. The van der Waals surface area contributed by atoms with Crippen molar-refractivity contribution in [3.05, 3.63) is 0 Å². The monoisotopic (exact) mass is 230 g/mol. The van der Waals surface area contributed by atoms with E-state index < -0.39 is 0 Å². The number of hydrogen-bond acceptors (Lipinski definition) is 4. The fourth-order valence-corrected chi connectivity index (χ4v) is 1.95. The first kappa shape index (κ1) is 13.9. The lowest BCUT2D eigenvalue weighted by Crippen LogP contribution is -2.36. The van der Waals surface area contributed by atoms with Gasteiger partial charge in [-0.15, -0.1) is 0 Å². The van der Waals surface area contributed by atoms with E-state index >= 15 is 0 Å². The molecule has 0 aromatic heterocycles. The summed E-state index contributed by atoms with van der Waals surface area (Å²) in [5, 5.41) is 3.46. The number of ether oxygens (including phenoxy) is 2. The first-order valence-corrected chi connectivity index (χ1v) is 6.40. The van der Waals surface area contributed by atoms with Crippen molar-refractivity contribution in [3.63, 3.8) is 0 Å². The molecule has 1 saturated heterocycles. The Kier molecular flexibility index (Phi) is 7.76. The molecule has 1 aliphatic rings. The van der Waals surface area contributed by atoms with E-state index in [9.17, 15) is 0 Å². The standard InChI is InChI=1S/C12H26N2O2/c1-3-14(8-10-15-2)7-6-13-11-12-5-4-9-16-12/h12-13H,3-11H2,1-2H3. The Morgan fingerprint density at radius 1 is 1.44 bits per heavy atom. The van der Waals surface area contributed by atoms with Gasteiger partial charge < -0.3 is 19.7 Å². The molecule has 0 aliphatic carbocycles. The van der Waals surface area contributed by atoms with Crippen molar-refractivity contribution in [2.75, 3.05) is 53.0 Å². The van der Waals surface area contributed by atoms with Crippen molar-refractivity contribution in [2.45, 2.75) is 25.9 Å². The fraction of sp³-hybridized carbons (Fsp3) is 1.00. The number of likely N-dealkylation sites (N-methyl/N-ethyl adjacent to an activating group) is 1. The summed E-state index contributed by atoms with van der Waals surface area (Å²) >= 11 is 0. The Labute approximate surface area is 99.3 Å². The fourth-order valence-electron chi connectivity index (χ4n) is 1.95. The number of nitrogens with one attached hydrogen (secondary N) is 1. The van der Waals surface area contributed by atoms with Crippen LogP contribution in [0.4, 0.5) is 0 Å². The predicted molar refractivity (Wildman–Crippen MR) is 65.8 cm³/mol. The van der Waals surface area contributed by atoms with Crippen LogP contribution in [0.1, 0.15) is 19.8 Å². The van der Waals surface area contributed by atoms with Crippen LogP contribution in [-0.4, -0.2) is 64.1 Å². The first-order valence-electron chi connectivity index (χ1n) is 6.40. The number of hydrogen-bond donors (Lipinski definition) is 1. The molecule has 0 saturated carbocycles. The molecule has 1 atom stereocenters. The van der Waals surface area contributed by atoms with E-state index in [1.165, 1.54) is 12.8 Å². The van der Waals surface area contributed by atoms with Crippen LogP contribution in [0, 0.1) is 0 Å². The van der Waals surface area contributed by atoms with Crippen molar-refractivity contribution in [3.8, 4) is 0 Å². The molecule has 96 valence electrons. The molecule has 1 fully saturated rings. The minimum atomic E-state index is 0.453. The Bertz CT molecular complexity index is 161. The van der Waals surface area contributed by atoms with Gasteiger partial charge in [0, 0.05) is 39.9 Å². The summed E-state index contributed by atoms with van der Waals surface area (Å²) in [7, 11) is 1.75. The molecule has 0 aromatic carbocycles. The average molecular weight is 230 g/mol. The molecular formula is C12H26N2O2. The predicted octanol–water partition coefficient (Wildman–Crippen LogP) is 0.723. The number of methoxy groups -OCH3 is 1. The van der Waals surface area contributed by atoms with Crippen LogP contribution in [0.25, 0.3) is 0 Å². The van der Waals surface area contributed by atoms with Crippen molar-refractivity contribution in [1.29, 1.82) is 0 Å². The molecule has 1 heterocycles. The van der Waals surface area contributed by atoms with Crippen LogP contribution in [-0.2, 0) is 9.47 Å². The van der Waals surface area contributed by atoms with Crippen molar-refractivity contribution in [2.24, 2.45) is 0 Å². The third kappa shape index (κ3) is 5.80. The summed E-state index contributed by atoms with van der Waals surface area (Å²) in [6.07, 6.45) is 2.89. The highest BCUT2D eigenvalue weighted by atomic mass is 16.5. The van der Waals surface area contributed by atoms with Gasteiger partial charge in [-0.05, 0) is 19.4 Å². The molecular weight excluding hydrogens is 204 g/mol. The van der Waals surface area contributed by atoms with Crippen LogP contribution in [0.2, 0.25) is 0 Å². The normalized spacial score (nSPS) is 20.8. The van der Waals surface area contributed by atoms with Gasteiger partial charge >= 0.3 is 0 Å². The van der Waals surface area contributed by atoms with E-state index in [2.05, 4.69) is 17.1 Å². The Hall–Kier alpha value is -0.160. The summed E-state index contributed by atoms with van der Waals surface area (Å²) in [6.45, 7) is 9.20. The summed E-state index contributed by atoms with van der Waals surface area (Å²) in [4.78, 5) is 2.39. The molecule has 1 N–H and O–H groups in total. The van der Waals surface area contributed by atoms with Gasteiger partial charge in [0.1, 0.15) is 0 Å².